The van der Waals surface area contributed by atoms with E-state index in [0.29, 0.717) is 17.0 Å². The molecule has 1 atom stereocenters. The van der Waals surface area contributed by atoms with Crippen molar-refractivity contribution in [1.29, 1.82) is 0 Å². The van der Waals surface area contributed by atoms with Crippen LogP contribution < -0.4 is 4.74 Å². The molecule has 0 aliphatic carbocycles. The summed E-state index contributed by atoms with van der Waals surface area (Å²) < 4.78 is 10.8. The Morgan fingerprint density at radius 2 is 2.21 bits per heavy atom. The maximum absolute atomic E-state index is 12.6. The van der Waals surface area contributed by atoms with Crippen molar-refractivity contribution in [2.75, 3.05) is 26.0 Å². The van der Waals surface area contributed by atoms with Crippen LogP contribution in [0.25, 0.3) is 11.5 Å². The summed E-state index contributed by atoms with van der Waals surface area (Å²) in [7, 11) is 1.62. The molecular weight excluding hydrogens is 396 g/mol. The third-order valence-corrected chi connectivity index (χ3v) is 6.38. The molecule has 2 aromatic heterocycles. The fraction of sp³-hybridized carbons (Fsp3) is 0.368. The van der Waals surface area contributed by atoms with Crippen molar-refractivity contribution in [3.05, 3.63) is 40.8 Å². The second-order valence-corrected chi connectivity index (χ2v) is 8.29. The van der Waals surface area contributed by atoms with Crippen LogP contribution in [-0.2, 0) is 4.79 Å². The highest BCUT2D eigenvalue weighted by Gasteiger charge is 2.26. The topological polar surface area (TPSA) is 81.4 Å². The van der Waals surface area contributed by atoms with Crippen molar-refractivity contribution < 1.29 is 13.9 Å². The summed E-state index contributed by atoms with van der Waals surface area (Å²) in [6.45, 7) is 1.52. The van der Waals surface area contributed by atoms with Crippen molar-refractivity contribution in [1.82, 2.24) is 20.1 Å². The highest BCUT2D eigenvalue weighted by atomic mass is 32.2. The predicted molar refractivity (Wildman–Crippen MR) is 108 cm³/mol. The molecule has 0 bridgehead atoms. The number of methoxy groups -OCH3 is 1. The first kappa shape index (κ1) is 18.9. The molecule has 9 heteroatoms. The molecule has 1 aromatic carbocycles. The standard InChI is InChI=1S/C19H20N4O3S2/c1-25-15-6-4-13(5-7-15)17-21-22-19(26-17)28-12-16(24)23-9-2-3-14(11-23)18-20-8-10-27-18/h4-8,10,14H,2-3,9,11-12H2,1H3. The fourth-order valence-electron chi connectivity index (χ4n) is 3.17. The number of thioether (sulfide) groups is 1. The van der Waals surface area contributed by atoms with Crippen LogP contribution in [0.5, 0.6) is 5.75 Å². The van der Waals surface area contributed by atoms with Gasteiger partial charge in [0.1, 0.15) is 5.75 Å². The van der Waals surface area contributed by atoms with Crippen LogP contribution >= 0.6 is 23.1 Å². The van der Waals surface area contributed by atoms with Crippen molar-refractivity contribution in [3.63, 3.8) is 0 Å². The van der Waals surface area contributed by atoms with Gasteiger partial charge in [0.05, 0.1) is 17.9 Å². The Kier molecular flexibility index (Phi) is 5.92. The number of rotatable bonds is 6. The lowest BCUT2D eigenvalue weighted by Gasteiger charge is -2.31. The van der Waals surface area contributed by atoms with Gasteiger partial charge in [-0.1, -0.05) is 11.8 Å². The molecule has 3 heterocycles. The van der Waals surface area contributed by atoms with E-state index < -0.39 is 0 Å². The number of nitrogens with zero attached hydrogens (tertiary/aromatic N) is 4. The summed E-state index contributed by atoms with van der Waals surface area (Å²) in [6, 6.07) is 7.40. The SMILES string of the molecule is COc1ccc(-c2nnc(SCC(=O)N3CCCC(c4nccs4)C3)o2)cc1. The number of hydrogen-bond donors (Lipinski definition) is 0. The molecule has 28 heavy (non-hydrogen) atoms. The molecule has 0 spiro atoms. The van der Waals surface area contributed by atoms with E-state index in [2.05, 4.69) is 15.2 Å². The van der Waals surface area contributed by atoms with E-state index in [4.69, 9.17) is 9.15 Å². The molecule has 0 N–H and O–H groups in total. The molecule has 1 unspecified atom stereocenters. The van der Waals surface area contributed by atoms with E-state index in [9.17, 15) is 4.79 Å². The Morgan fingerprint density at radius 3 is 2.96 bits per heavy atom. The highest BCUT2D eigenvalue weighted by Crippen LogP contribution is 2.29. The minimum absolute atomic E-state index is 0.0930. The largest absolute Gasteiger partial charge is 0.497 e. The van der Waals surface area contributed by atoms with E-state index in [1.54, 1.807) is 18.4 Å². The third-order valence-electron chi connectivity index (χ3n) is 4.64. The van der Waals surface area contributed by atoms with Crippen LogP contribution in [0.15, 0.2) is 45.5 Å². The predicted octanol–water partition coefficient (Wildman–Crippen LogP) is 3.70. The average Bonchev–Trinajstić information content (AvgIpc) is 3.44. The summed E-state index contributed by atoms with van der Waals surface area (Å²) in [5, 5.41) is 11.6. The molecule has 146 valence electrons. The summed E-state index contributed by atoms with van der Waals surface area (Å²) in [4.78, 5) is 18.9. The van der Waals surface area contributed by atoms with Crippen molar-refractivity contribution in [2.45, 2.75) is 24.0 Å². The normalized spacial score (nSPS) is 16.9. The number of likely N-dealkylation sites (tertiary alicyclic amines) is 1. The summed E-state index contributed by atoms with van der Waals surface area (Å²) in [6.07, 6.45) is 3.91. The highest BCUT2D eigenvalue weighted by molar-refractivity contribution is 7.99. The molecule has 0 radical (unpaired) electrons. The Morgan fingerprint density at radius 1 is 1.36 bits per heavy atom. The number of ether oxygens (including phenoxy) is 1. The quantitative estimate of drug-likeness (QED) is 0.567. The monoisotopic (exact) mass is 416 g/mol. The number of piperidine rings is 1. The van der Waals surface area contributed by atoms with E-state index in [1.165, 1.54) is 11.8 Å². The van der Waals surface area contributed by atoms with E-state index in [-0.39, 0.29) is 11.7 Å². The average molecular weight is 417 g/mol. The van der Waals surface area contributed by atoms with Gasteiger partial charge in [0, 0.05) is 36.1 Å². The number of thiazole rings is 1. The van der Waals surface area contributed by atoms with Gasteiger partial charge in [-0.3, -0.25) is 4.79 Å². The number of benzene rings is 1. The number of aromatic nitrogens is 3. The van der Waals surface area contributed by atoms with Gasteiger partial charge in [0.25, 0.3) is 5.22 Å². The van der Waals surface area contributed by atoms with Crippen LogP contribution in [0.3, 0.4) is 0 Å². The van der Waals surface area contributed by atoms with Crippen LogP contribution in [-0.4, -0.2) is 51.9 Å². The zero-order valence-corrected chi connectivity index (χ0v) is 17.0. The van der Waals surface area contributed by atoms with Crippen molar-refractivity contribution >= 4 is 29.0 Å². The summed E-state index contributed by atoms with van der Waals surface area (Å²) in [5.41, 5.74) is 0.814. The Labute approximate surface area is 171 Å². The summed E-state index contributed by atoms with van der Waals surface area (Å²) >= 11 is 2.94. The van der Waals surface area contributed by atoms with E-state index >= 15 is 0 Å². The maximum Gasteiger partial charge on any atom is 0.277 e. The fourth-order valence-corrected chi connectivity index (χ4v) is 4.61. The van der Waals surface area contributed by atoms with Gasteiger partial charge < -0.3 is 14.1 Å². The van der Waals surface area contributed by atoms with Crippen molar-refractivity contribution in [2.24, 2.45) is 0 Å². The Hall–Kier alpha value is -2.39. The first-order chi connectivity index (χ1) is 13.7. The molecular formula is C19H20N4O3S2. The smallest absolute Gasteiger partial charge is 0.277 e. The third kappa shape index (κ3) is 4.36. The number of hydrogen-bond acceptors (Lipinski definition) is 8. The number of carbonyl (C=O) groups is 1. The first-order valence-electron chi connectivity index (χ1n) is 9.01. The van der Waals surface area contributed by atoms with Gasteiger partial charge >= 0.3 is 0 Å². The number of amides is 1. The molecule has 0 saturated carbocycles. The lowest BCUT2D eigenvalue weighted by atomic mass is 9.99. The van der Waals surface area contributed by atoms with E-state index in [1.807, 2.05) is 40.7 Å². The molecule has 1 amide bonds. The van der Waals surface area contributed by atoms with Crippen LogP contribution in [0.1, 0.15) is 23.8 Å². The molecule has 1 aliphatic heterocycles. The summed E-state index contributed by atoms with van der Waals surface area (Å²) in [5.74, 6) is 1.91. The Balaban J connectivity index is 1.33. The molecule has 1 fully saturated rings. The molecule has 3 aromatic rings. The van der Waals surface area contributed by atoms with Gasteiger partial charge in [-0.25, -0.2) is 4.98 Å². The maximum atomic E-state index is 12.6. The van der Waals surface area contributed by atoms with Crippen LogP contribution in [0.4, 0.5) is 0 Å². The molecule has 1 aliphatic rings. The van der Waals surface area contributed by atoms with Crippen LogP contribution in [0.2, 0.25) is 0 Å². The van der Waals surface area contributed by atoms with Gasteiger partial charge in [-0.2, -0.15) is 0 Å². The van der Waals surface area contributed by atoms with Gasteiger partial charge in [-0.05, 0) is 37.1 Å². The van der Waals surface area contributed by atoms with Gasteiger partial charge in [0.15, 0.2) is 0 Å². The van der Waals surface area contributed by atoms with Gasteiger partial charge in [-0.15, -0.1) is 21.5 Å². The van der Waals surface area contributed by atoms with Crippen molar-refractivity contribution in [3.8, 4) is 17.2 Å². The molecule has 7 nitrogen and oxygen atoms in total. The van der Waals surface area contributed by atoms with E-state index in [0.717, 1.165) is 42.3 Å². The van der Waals surface area contributed by atoms with Gasteiger partial charge in [0.2, 0.25) is 11.8 Å². The minimum atomic E-state index is 0.0930. The zero-order valence-electron chi connectivity index (χ0n) is 15.4. The molecule has 4 rings (SSSR count). The minimum Gasteiger partial charge on any atom is -0.497 e. The second-order valence-electron chi connectivity index (χ2n) is 6.44. The molecule has 1 saturated heterocycles. The van der Waals surface area contributed by atoms with Crippen LogP contribution in [0, 0.1) is 0 Å². The first-order valence-corrected chi connectivity index (χ1v) is 10.9. The second kappa shape index (κ2) is 8.74. The number of carbonyl (C=O) groups excluding carboxylic acids is 1. The lowest BCUT2D eigenvalue weighted by molar-refractivity contribution is -0.129. The Bertz CT molecular complexity index is 912. The lowest BCUT2D eigenvalue weighted by Crippen LogP contribution is -2.40. The zero-order chi connectivity index (χ0) is 19.3.